The molecule has 0 unspecified atom stereocenters. The van der Waals surface area contributed by atoms with Crippen molar-refractivity contribution in [2.24, 2.45) is 5.73 Å². The maximum absolute atomic E-state index is 5.47. The molecule has 0 saturated heterocycles. The van der Waals surface area contributed by atoms with Crippen molar-refractivity contribution in [3.63, 3.8) is 0 Å². The summed E-state index contributed by atoms with van der Waals surface area (Å²) in [5.74, 6) is 1.62. The lowest BCUT2D eigenvalue weighted by molar-refractivity contribution is 0.436. The molecule has 4 nitrogen and oxygen atoms in total. The summed E-state index contributed by atoms with van der Waals surface area (Å²) in [4.78, 5) is 4.18. The van der Waals surface area contributed by atoms with Crippen molar-refractivity contribution in [1.29, 1.82) is 0 Å². The molecule has 1 aromatic heterocycles. The lowest BCUT2D eigenvalue weighted by Gasteiger charge is -2.09. The van der Waals surface area contributed by atoms with Crippen LogP contribution in [0.3, 0.4) is 0 Å². The third kappa shape index (κ3) is 2.82. The molecule has 1 aromatic rings. The van der Waals surface area contributed by atoms with E-state index in [1.54, 1.807) is 0 Å². The Morgan fingerprint density at radius 1 is 1.54 bits per heavy atom. The topological polar surface area (TPSA) is 64.1 Å². The van der Waals surface area contributed by atoms with Gasteiger partial charge in [0.05, 0.1) is 12.2 Å². The summed E-state index contributed by atoms with van der Waals surface area (Å²) in [7, 11) is 0. The Kier molecular flexibility index (Phi) is 3.45. The highest BCUT2D eigenvalue weighted by Crippen LogP contribution is 2.08. The van der Waals surface area contributed by atoms with Crippen molar-refractivity contribution in [2.45, 2.75) is 33.4 Å². The Morgan fingerprint density at radius 3 is 2.69 bits per heavy atom. The van der Waals surface area contributed by atoms with E-state index >= 15 is 0 Å². The maximum Gasteiger partial charge on any atom is 0.191 e. The zero-order valence-corrected chi connectivity index (χ0v) is 8.42. The van der Waals surface area contributed by atoms with E-state index < -0.39 is 0 Å². The number of oxazole rings is 1. The Morgan fingerprint density at radius 2 is 2.23 bits per heavy atom. The fourth-order valence-electron chi connectivity index (χ4n) is 1.09. The quantitative estimate of drug-likeness (QED) is 0.722. The second kappa shape index (κ2) is 4.39. The van der Waals surface area contributed by atoms with E-state index in [-0.39, 0.29) is 0 Å². The predicted molar refractivity (Wildman–Crippen MR) is 51.3 cm³/mol. The lowest BCUT2D eigenvalue weighted by Crippen LogP contribution is -2.32. The normalized spacial score (nSPS) is 13.2. The SMILES string of the molecule is Cc1nc(C)c(CN[C@@H](C)CN)o1. The van der Waals surface area contributed by atoms with Gasteiger partial charge in [0, 0.05) is 19.5 Å². The van der Waals surface area contributed by atoms with Gasteiger partial charge in [0.2, 0.25) is 0 Å². The van der Waals surface area contributed by atoms with Crippen molar-refractivity contribution < 1.29 is 4.42 Å². The molecule has 1 heterocycles. The van der Waals surface area contributed by atoms with Crippen LogP contribution in [0.25, 0.3) is 0 Å². The molecule has 0 fully saturated rings. The Hall–Kier alpha value is -0.870. The summed E-state index contributed by atoms with van der Waals surface area (Å²) in [5.41, 5.74) is 6.42. The molecule has 0 aliphatic heterocycles. The summed E-state index contributed by atoms with van der Waals surface area (Å²) < 4.78 is 5.39. The van der Waals surface area contributed by atoms with E-state index in [2.05, 4.69) is 10.3 Å². The number of aryl methyl sites for hydroxylation is 2. The standard InChI is InChI=1S/C9H17N3O/c1-6(4-10)11-5-9-7(2)12-8(3)13-9/h6,11H,4-5,10H2,1-3H3/t6-/m0/s1. The average molecular weight is 183 g/mol. The van der Waals surface area contributed by atoms with Crippen LogP contribution in [0.2, 0.25) is 0 Å². The van der Waals surface area contributed by atoms with Gasteiger partial charge >= 0.3 is 0 Å². The zero-order valence-electron chi connectivity index (χ0n) is 8.42. The predicted octanol–water partition coefficient (Wildman–Crippen LogP) is 0.728. The molecule has 0 radical (unpaired) electrons. The van der Waals surface area contributed by atoms with Crippen LogP contribution in [0, 0.1) is 13.8 Å². The second-order valence-corrected chi connectivity index (χ2v) is 3.26. The highest BCUT2D eigenvalue weighted by atomic mass is 16.4. The van der Waals surface area contributed by atoms with E-state index in [9.17, 15) is 0 Å². The molecular weight excluding hydrogens is 166 g/mol. The first-order chi connectivity index (χ1) is 6.13. The summed E-state index contributed by atoms with van der Waals surface area (Å²) in [5, 5.41) is 3.24. The van der Waals surface area contributed by atoms with Gasteiger partial charge in [-0.05, 0) is 13.8 Å². The molecule has 74 valence electrons. The van der Waals surface area contributed by atoms with Gasteiger partial charge in [-0.3, -0.25) is 0 Å². The van der Waals surface area contributed by atoms with Crippen LogP contribution in [0.5, 0.6) is 0 Å². The fraction of sp³-hybridized carbons (Fsp3) is 0.667. The smallest absolute Gasteiger partial charge is 0.191 e. The Balaban J connectivity index is 2.49. The van der Waals surface area contributed by atoms with Gasteiger partial charge in [0.1, 0.15) is 5.76 Å². The minimum absolute atomic E-state index is 0.310. The highest BCUT2D eigenvalue weighted by Gasteiger charge is 2.07. The molecule has 0 saturated carbocycles. The first-order valence-corrected chi connectivity index (χ1v) is 4.50. The van der Waals surface area contributed by atoms with Crippen molar-refractivity contribution in [3.8, 4) is 0 Å². The van der Waals surface area contributed by atoms with Crippen LogP contribution in [0.1, 0.15) is 24.3 Å². The second-order valence-electron chi connectivity index (χ2n) is 3.26. The monoisotopic (exact) mass is 183 g/mol. The number of hydrogen-bond acceptors (Lipinski definition) is 4. The van der Waals surface area contributed by atoms with Gasteiger partial charge in [-0.25, -0.2) is 4.98 Å². The molecular formula is C9H17N3O. The zero-order chi connectivity index (χ0) is 9.84. The van der Waals surface area contributed by atoms with E-state index in [1.807, 2.05) is 20.8 Å². The first-order valence-electron chi connectivity index (χ1n) is 4.50. The van der Waals surface area contributed by atoms with Crippen LogP contribution in [0.4, 0.5) is 0 Å². The van der Waals surface area contributed by atoms with Crippen molar-refractivity contribution in [3.05, 3.63) is 17.3 Å². The number of rotatable bonds is 4. The van der Waals surface area contributed by atoms with Gasteiger partial charge < -0.3 is 15.5 Å². The molecule has 0 aliphatic carbocycles. The lowest BCUT2D eigenvalue weighted by atomic mass is 10.3. The van der Waals surface area contributed by atoms with Crippen molar-refractivity contribution in [1.82, 2.24) is 10.3 Å². The van der Waals surface area contributed by atoms with Crippen LogP contribution in [-0.4, -0.2) is 17.6 Å². The molecule has 0 bridgehead atoms. The Bertz CT molecular complexity index is 270. The summed E-state index contributed by atoms with van der Waals surface area (Å²) in [6, 6.07) is 0.310. The molecule has 0 spiro atoms. The summed E-state index contributed by atoms with van der Waals surface area (Å²) >= 11 is 0. The van der Waals surface area contributed by atoms with Crippen LogP contribution < -0.4 is 11.1 Å². The van der Waals surface area contributed by atoms with E-state index in [0.717, 1.165) is 17.3 Å². The molecule has 1 rings (SSSR count). The molecule has 0 amide bonds. The van der Waals surface area contributed by atoms with Crippen molar-refractivity contribution in [2.75, 3.05) is 6.54 Å². The van der Waals surface area contributed by atoms with E-state index in [4.69, 9.17) is 10.2 Å². The number of nitrogens with two attached hydrogens (primary N) is 1. The summed E-state index contributed by atoms with van der Waals surface area (Å²) in [6.45, 7) is 7.17. The van der Waals surface area contributed by atoms with Gasteiger partial charge in [-0.15, -0.1) is 0 Å². The highest BCUT2D eigenvalue weighted by molar-refractivity contribution is 5.06. The van der Waals surface area contributed by atoms with E-state index in [0.29, 0.717) is 19.1 Å². The molecule has 0 aromatic carbocycles. The third-order valence-corrected chi connectivity index (χ3v) is 1.96. The third-order valence-electron chi connectivity index (χ3n) is 1.96. The summed E-state index contributed by atoms with van der Waals surface area (Å²) in [6.07, 6.45) is 0. The fourth-order valence-corrected chi connectivity index (χ4v) is 1.09. The van der Waals surface area contributed by atoms with Gasteiger partial charge in [-0.2, -0.15) is 0 Å². The average Bonchev–Trinajstić information content (AvgIpc) is 2.41. The number of nitrogens with one attached hydrogen (secondary N) is 1. The molecule has 1 atom stereocenters. The van der Waals surface area contributed by atoms with Crippen molar-refractivity contribution >= 4 is 0 Å². The molecule has 3 N–H and O–H groups in total. The first kappa shape index (κ1) is 10.2. The number of hydrogen-bond donors (Lipinski definition) is 2. The van der Waals surface area contributed by atoms with Crippen LogP contribution in [0.15, 0.2) is 4.42 Å². The van der Waals surface area contributed by atoms with Crippen LogP contribution >= 0.6 is 0 Å². The van der Waals surface area contributed by atoms with E-state index in [1.165, 1.54) is 0 Å². The number of aromatic nitrogens is 1. The number of nitrogens with zero attached hydrogens (tertiary/aromatic N) is 1. The van der Waals surface area contributed by atoms with Gasteiger partial charge in [0.15, 0.2) is 5.89 Å². The minimum atomic E-state index is 0.310. The van der Waals surface area contributed by atoms with Gasteiger partial charge in [-0.1, -0.05) is 0 Å². The maximum atomic E-state index is 5.47. The molecule has 0 aliphatic rings. The largest absolute Gasteiger partial charge is 0.444 e. The molecule has 4 heteroatoms. The van der Waals surface area contributed by atoms with Crippen LogP contribution in [-0.2, 0) is 6.54 Å². The van der Waals surface area contributed by atoms with Gasteiger partial charge in [0.25, 0.3) is 0 Å². The minimum Gasteiger partial charge on any atom is -0.444 e. The Labute approximate surface area is 78.5 Å². The molecule has 13 heavy (non-hydrogen) atoms.